The van der Waals surface area contributed by atoms with Crippen LogP contribution in [0, 0.1) is 0 Å². The average molecular weight is 323 g/mol. The highest BCUT2D eigenvalue weighted by Crippen LogP contribution is 2.37. The summed E-state index contributed by atoms with van der Waals surface area (Å²) in [6.45, 7) is 0. The van der Waals surface area contributed by atoms with Gasteiger partial charge in [-0.2, -0.15) is 18.3 Å². The van der Waals surface area contributed by atoms with Gasteiger partial charge in [0.05, 0.1) is 5.56 Å². The van der Waals surface area contributed by atoms with Crippen LogP contribution in [0.5, 0.6) is 0 Å². The fourth-order valence-electron chi connectivity index (χ4n) is 1.96. The summed E-state index contributed by atoms with van der Waals surface area (Å²) in [5, 5.41) is 5.33. The summed E-state index contributed by atoms with van der Waals surface area (Å²) >= 11 is 0. The van der Waals surface area contributed by atoms with Crippen molar-refractivity contribution in [2.75, 3.05) is 0 Å². The van der Waals surface area contributed by atoms with Crippen molar-refractivity contribution >= 4 is 5.91 Å². The van der Waals surface area contributed by atoms with Crippen molar-refractivity contribution in [2.24, 2.45) is 5.73 Å². The fourth-order valence-corrected chi connectivity index (χ4v) is 1.96. The van der Waals surface area contributed by atoms with E-state index in [-0.39, 0.29) is 28.6 Å². The molecular weight excluding hydrogens is 315 g/mol. The largest absolute Gasteiger partial charge is 0.435 e. The predicted molar refractivity (Wildman–Crippen MR) is 70.7 cm³/mol. The van der Waals surface area contributed by atoms with E-state index in [1.165, 1.54) is 18.5 Å². The van der Waals surface area contributed by atoms with Gasteiger partial charge in [-0.15, -0.1) is 0 Å². The number of alkyl halides is 3. The highest BCUT2D eigenvalue weighted by molar-refractivity contribution is 5.92. The van der Waals surface area contributed by atoms with Crippen molar-refractivity contribution in [2.45, 2.75) is 6.18 Å². The Balaban J connectivity index is 2.24. The summed E-state index contributed by atoms with van der Waals surface area (Å²) in [4.78, 5) is 25.5. The van der Waals surface area contributed by atoms with Gasteiger partial charge in [0, 0.05) is 18.6 Å². The van der Waals surface area contributed by atoms with Crippen LogP contribution in [0.15, 0.2) is 24.7 Å². The number of primary amides is 1. The Kier molecular flexibility index (Phi) is 3.32. The molecule has 0 atom stereocenters. The zero-order valence-electron chi connectivity index (χ0n) is 11.2. The van der Waals surface area contributed by atoms with Gasteiger partial charge in [0.1, 0.15) is 11.4 Å². The quantitative estimate of drug-likeness (QED) is 0.671. The van der Waals surface area contributed by atoms with E-state index in [1.807, 2.05) is 0 Å². The van der Waals surface area contributed by atoms with Crippen LogP contribution in [0.1, 0.15) is 16.3 Å². The molecule has 8 nitrogen and oxygen atoms in total. The molecule has 3 aromatic rings. The van der Waals surface area contributed by atoms with E-state index < -0.39 is 17.8 Å². The molecular formula is C12H8F3N7O. The van der Waals surface area contributed by atoms with Gasteiger partial charge in [-0.1, -0.05) is 0 Å². The number of nitrogens with one attached hydrogen (secondary N) is 2. The number of carbonyl (C=O) groups is 1. The molecule has 0 saturated carbocycles. The number of amides is 1. The number of halogens is 3. The molecule has 1 amide bonds. The zero-order valence-corrected chi connectivity index (χ0v) is 11.2. The number of hydrogen-bond donors (Lipinski definition) is 3. The molecule has 0 fully saturated rings. The Morgan fingerprint density at radius 3 is 2.52 bits per heavy atom. The molecule has 0 aromatic carbocycles. The van der Waals surface area contributed by atoms with Gasteiger partial charge in [0.15, 0.2) is 17.3 Å². The molecule has 3 heterocycles. The lowest BCUT2D eigenvalue weighted by Crippen LogP contribution is -2.12. The number of H-pyrrole nitrogens is 2. The number of nitrogens with zero attached hydrogens (tertiary/aromatic N) is 4. The van der Waals surface area contributed by atoms with Crippen molar-refractivity contribution in [3.05, 3.63) is 36.2 Å². The SMILES string of the molecule is NC(=O)c1nc(-c2c[nH]nc2C(F)(F)F)c(-c2ncccn2)[nH]1. The van der Waals surface area contributed by atoms with E-state index in [0.717, 1.165) is 6.20 Å². The molecule has 4 N–H and O–H groups in total. The van der Waals surface area contributed by atoms with Crippen LogP contribution in [-0.2, 0) is 6.18 Å². The maximum Gasteiger partial charge on any atom is 0.435 e. The summed E-state index contributed by atoms with van der Waals surface area (Å²) in [6, 6.07) is 1.54. The Hall–Kier alpha value is -3.24. The van der Waals surface area contributed by atoms with Crippen LogP contribution >= 0.6 is 0 Å². The molecule has 0 aliphatic rings. The molecule has 0 aliphatic carbocycles. The molecule has 0 bridgehead atoms. The summed E-state index contributed by atoms with van der Waals surface area (Å²) in [7, 11) is 0. The third-order valence-corrected chi connectivity index (χ3v) is 2.89. The second-order valence-electron chi connectivity index (χ2n) is 4.39. The number of hydrogen-bond acceptors (Lipinski definition) is 5. The average Bonchev–Trinajstić information content (AvgIpc) is 3.14. The van der Waals surface area contributed by atoms with Crippen molar-refractivity contribution in [3.63, 3.8) is 0 Å². The Bertz CT molecular complexity index is 853. The third-order valence-electron chi connectivity index (χ3n) is 2.89. The standard InChI is InChI=1S/C12H8F3N7O/c13-12(14,15)8-5(4-19-22-8)6-7(10-17-2-1-3-18-10)21-11(20-6)9(16)23/h1-4H,(H2,16,23)(H,19,22)(H,20,21). The van der Waals surface area contributed by atoms with Crippen LogP contribution in [0.4, 0.5) is 13.2 Å². The summed E-state index contributed by atoms with van der Waals surface area (Å²) in [5.74, 6) is -1.17. The maximum atomic E-state index is 13.0. The predicted octanol–water partition coefficient (Wildman–Crippen LogP) is 1.37. The van der Waals surface area contributed by atoms with Gasteiger partial charge in [-0.25, -0.2) is 15.0 Å². The number of nitrogens with two attached hydrogens (primary N) is 1. The molecule has 118 valence electrons. The number of rotatable bonds is 3. The second-order valence-corrected chi connectivity index (χ2v) is 4.39. The highest BCUT2D eigenvalue weighted by Gasteiger charge is 2.38. The number of aromatic amines is 2. The first-order valence-electron chi connectivity index (χ1n) is 6.16. The molecule has 0 aliphatic heterocycles. The van der Waals surface area contributed by atoms with Gasteiger partial charge in [-0.05, 0) is 6.07 Å². The van der Waals surface area contributed by atoms with Crippen LogP contribution in [0.2, 0.25) is 0 Å². The van der Waals surface area contributed by atoms with E-state index in [0.29, 0.717) is 0 Å². The van der Waals surface area contributed by atoms with E-state index in [2.05, 4.69) is 30.1 Å². The van der Waals surface area contributed by atoms with Crippen LogP contribution in [0.3, 0.4) is 0 Å². The molecule has 23 heavy (non-hydrogen) atoms. The molecule has 11 heteroatoms. The lowest BCUT2D eigenvalue weighted by atomic mass is 10.1. The van der Waals surface area contributed by atoms with E-state index >= 15 is 0 Å². The summed E-state index contributed by atoms with van der Waals surface area (Å²) in [5.41, 5.74) is 3.48. The Labute approximate surface area is 126 Å². The van der Waals surface area contributed by atoms with Crippen LogP contribution in [0.25, 0.3) is 22.8 Å². The monoisotopic (exact) mass is 323 g/mol. The van der Waals surface area contributed by atoms with Crippen molar-refractivity contribution < 1.29 is 18.0 Å². The van der Waals surface area contributed by atoms with Gasteiger partial charge in [-0.3, -0.25) is 9.89 Å². The normalized spacial score (nSPS) is 11.6. The first-order valence-corrected chi connectivity index (χ1v) is 6.16. The van der Waals surface area contributed by atoms with Crippen molar-refractivity contribution in [3.8, 4) is 22.8 Å². The zero-order chi connectivity index (χ0) is 16.6. The smallest absolute Gasteiger partial charge is 0.363 e. The van der Waals surface area contributed by atoms with E-state index in [1.54, 1.807) is 0 Å². The number of aromatic nitrogens is 6. The molecule has 0 spiro atoms. The van der Waals surface area contributed by atoms with E-state index in [9.17, 15) is 18.0 Å². The Morgan fingerprint density at radius 2 is 1.91 bits per heavy atom. The van der Waals surface area contributed by atoms with Crippen LogP contribution < -0.4 is 5.73 Å². The molecule has 3 rings (SSSR count). The Morgan fingerprint density at radius 1 is 1.22 bits per heavy atom. The molecule has 0 radical (unpaired) electrons. The minimum Gasteiger partial charge on any atom is -0.363 e. The number of imidazole rings is 1. The van der Waals surface area contributed by atoms with Gasteiger partial charge in [0.2, 0.25) is 0 Å². The van der Waals surface area contributed by atoms with Crippen LogP contribution in [-0.4, -0.2) is 36.0 Å². The fraction of sp³-hybridized carbons (Fsp3) is 0.0833. The van der Waals surface area contributed by atoms with Gasteiger partial charge in [0.25, 0.3) is 5.91 Å². The second kappa shape index (κ2) is 5.19. The molecule has 0 unspecified atom stereocenters. The third kappa shape index (κ3) is 2.63. The van der Waals surface area contributed by atoms with Crippen molar-refractivity contribution in [1.82, 2.24) is 30.1 Å². The summed E-state index contributed by atoms with van der Waals surface area (Å²) in [6.07, 6.45) is -0.875. The van der Waals surface area contributed by atoms with Gasteiger partial charge >= 0.3 is 6.18 Å². The lowest BCUT2D eigenvalue weighted by molar-refractivity contribution is -0.140. The highest BCUT2D eigenvalue weighted by atomic mass is 19.4. The minimum atomic E-state index is -4.70. The molecule has 3 aromatic heterocycles. The topological polar surface area (TPSA) is 126 Å². The lowest BCUT2D eigenvalue weighted by Gasteiger charge is -2.05. The number of carbonyl (C=O) groups excluding carboxylic acids is 1. The molecule has 0 saturated heterocycles. The van der Waals surface area contributed by atoms with Crippen molar-refractivity contribution in [1.29, 1.82) is 0 Å². The maximum absolute atomic E-state index is 13.0. The van der Waals surface area contributed by atoms with E-state index in [4.69, 9.17) is 5.73 Å². The summed E-state index contributed by atoms with van der Waals surface area (Å²) < 4.78 is 39.1. The van der Waals surface area contributed by atoms with Gasteiger partial charge < -0.3 is 10.7 Å². The first kappa shape index (κ1) is 14.7. The minimum absolute atomic E-state index is 0.0336. The first-order chi connectivity index (χ1) is 10.9.